The van der Waals surface area contributed by atoms with Crippen molar-refractivity contribution >= 4 is 44.6 Å². The Balaban J connectivity index is 2.76. The summed E-state index contributed by atoms with van der Waals surface area (Å²) in [7, 11) is -3.38. The number of sulfone groups is 1. The van der Waals surface area contributed by atoms with Crippen LogP contribution in [0.2, 0.25) is 10.0 Å². The largest absolute Gasteiger partial charge is 0.478 e. The van der Waals surface area contributed by atoms with E-state index in [4.69, 9.17) is 23.2 Å². The summed E-state index contributed by atoms with van der Waals surface area (Å²) in [6.45, 7) is -0.360. The number of aliphatic carboxylic acids is 1. The molecule has 0 saturated heterocycles. The highest BCUT2D eigenvalue weighted by Crippen LogP contribution is 2.33. The smallest absolute Gasteiger partial charge is 0.332 e. The number of halogens is 2. The number of hydrogen-bond donors (Lipinski definition) is 2. The lowest BCUT2D eigenvalue weighted by Gasteiger charge is -2.14. The standard InChI is InChI=1S/C18H16Cl2O5S/c1-26(24,25)15-4-2-11(3-5-15)17(16(6-7-21)18(22)23)12-8-13(19)10-14(20)9-12/h2-5,8-10,21H,6-7H2,1H3,(H,22,23)/b17-16-. The molecule has 0 aromatic heterocycles. The van der Waals surface area contributed by atoms with Gasteiger partial charge >= 0.3 is 5.97 Å². The zero-order valence-corrected chi connectivity index (χ0v) is 16.1. The topological polar surface area (TPSA) is 91.7 Å². The molecule has 2 rings (SSSR count). The molecule has 0 aliphatic rings. The van der Waals surface area contributed by atoms with Gasteiger partial charge in [0.1, 0.15) is 0 Å². The third kappa shape index (κ3) is 4.86. The van der Waals surface area contributed by atoms with E-state index in [1.54, 1.807) is 12.1 Å². The summed E-state index contributed by atoms with van der Waals surface area (Å²) in [5.41, 5.74) is 1.22. The van der Waals surface area contributed by atoms with Crippen molar-refractivity contribution in [1.29, 1.82) is 0 Å². The first-order valence-corrected chi connectivity index (χ1v) is 10.1. The Morgan fingerprint density at radius 1 is 1.00 bits per heavy atom. The molecular formula is C18H16Cl2O5S. The highest BCUT2D eigenvalue weighted by Gasteiger charge is 2.19. The highest BCUT2D eigenvalue weighted by molar-refractivity contribution is 7.90. The molecule has 0 aliphatic heterocycles. The molecule has 0 unspecified atom stereocenters. The molecule has 5 nitrogen and oxygen atoms in total. The van der Waals surface area contributed by atoms with E-state index in [9.17, 15) is 23.4 Å². The van der Waals surface area contributed by atoms with Crippen LogP contribution in [0, 0.1) is 0 Å². The Morgan fingerprint density at radius 3 is 1.96 bits per heavy atom. The maximum Gasteiger partial charge on any atom is 0.332 e. The van der Waals surface area contributed by atoms with E-state index in [1.807, 2.05) is 0 Å². The first kappa shape index (κ1) is 20.5. The summed E-state index contributed by atoms with van der Waals surface area (Å²) in [6, 6.07) is 10.5. The van der Waals surface area contributed by atoms with E-state index in [1.165, 1.54) is 30.3 Å². The molecule has 2 aromatic rings. The minimum atomic E-state index is -3.38. The van der Waals surface area contributed by atoms with E-state index in [2.05, 4.69) is 0 Å². The summed E-state index contributed by atoms with van der Waals surface area (Å²) < 4.78 is 23.3. The van der Waals surface area contributed by atoms with Crippen LogP contribution in [0.5, 0.6) is 0 Å². The van der Waals surface area contributed by atoms with E-state index in [0.29, 0.717) is 26.7 Å². The lowest BCUT2D eigenvalue weighted by Crippen LogP contribution is -2.08. The van der Waals surface area contributed by atoms with Crippen LogP contribution >= 0.6 is 23.2 Å². The van der Waals surface area contributed by atoms with Gasteiger partial charge in [-0.1, -0.05) is 35.3 Å². The predicted octanol–water partition coefficient (Wildman–Crippen LogP) is 3.67. The molecule has 0 spiro atoms. The number of aliphatic hydroxyl groups excluding tert-OH is 1. The first-order valence-electron chi connectivity index (χ1n) is 7.47. The third-order valence-electron chi connectivity index (χ3n) is 3.64. The van der Waals surface area contributed by atoms with Gasteiger partial charge in [0.05, 0.1) is 4.90 Å². The van der Waals surface area contributed by atoms with Gasteiger partial charge in [0, 0.05) is 34.9 Å². The Hall–Kier alpha value is -1.86. The van der Waals surface area contributed by atoms with Crippen LogP contribution in [0.25, 0.3) is 5.57 Å². The fourth-order valence-electron chi connectivity index (χ4n) is 2.53. The Kier molecular flexibility index (Phi) is 6.47. The Morgan fingerprint density at radius 2 is 1.54 bits per heavy atom. The molecule has 2 aromatic carbocycles. The first-order chi connectivity index (χ1) is 12.1. The third-order valence-corrected chi connectivity index (χ3v) is 5.21. The molecule has 2 N–H and O–H groups in total. The number of hydrogen-bond acceptors (Lipinski definition) is 4. The molecule has 0 radical (unpaired) electrons. The van der Waals surface area contributed by atoms with Gasteiger partial charge in [-0.25, -0.2) is 13.2 Å². The van der Waals surface area contributed by atoms with Crippen LogP contribution in [0.15, 0.2) is 52.9 Å². The second kappa shape index (κ2) is 8.22. The lowest BCUT2D eigenvalue weighted by atomic mass is 9.91. The van der Waals surface area contributed by atoms with Crippen molar-refractivity contribution in [3.63, 3.8) is 0 Å². The van der Waals surface area contributed by atoms with Gasteiger partial charge < -0.3 is 10.2 Å². The van der Waals surface area contributed by atoms with E-state index < -0.39 is 15.8 Å². The molecular weight excluding hydrogens is 399 g/mol. The van der Waals surface area contributed by atoms with Crippen molar-refractivity contribution in [3.05, 3.63) is 69.2 Å². The Bertz CT molecular complexity index is 943. The average Bonchev–Trinajstić information content (AvgIpc) is 2.53. The second-order valence-electron chi connectivity index (χ2n) is 5.59. The number of benzene rings is 2. The molecule has 138 valence electrons. The van der Waals surface area contributed by atoms with Gasteiger partial charge in [-0.05, 0) is 47.0 Å². The number of rotatable bonds is 6. The molecule has 0 saturated carbocycles. The molecule has 0 aliphatic carbocycles. The summed E-state index contributed by atoms with van der Waals surface area (Å²) in [5.74, 6) is -1.20. The quantitative estimate of drug-likeness (QED) is 0.703. The SMILES string of the molecule is CS(=O)(=O)c1ccc(/C(=C(\CCO)C(=O)O)c2cc(Cl)cc(Cl)c2)cc1. The van der Waals surface area contributed by atoms with Crippen LogP contribution in [-0.4, -0.2) is 37.5 Å². The van der Waals surface area contributed by atoms with Crippen molar-refractivity contribution in [3.8, 4) is 0 Å². The molecule has 8 heteroatoms. The maximum absolute atomic E-state index is 11.7. The molecule has 0 heterocycles. The average molecular weight is 415 g/mol. The highest BCUT2D eigenvalue weighted by atomic mass is 35.5. The zero-order chi connectivity index (χ0) is 19.5. The summed E-state index contributed by atoms with van der Waals surface area (Å²) in [6.07, 6.45) is 0.993. The van der Waals surface area contributed by atoms with Crippen LogP contribution in [0.1, 0.15) is 17.5 Å². The minimum absolute atomic E-state index is 0.0297. The van der Waals surface area contributed by atoms with Gasteiger partial charge in [-0.3, -0.25) is 0 Å². The van der Waals surface area contributed by atoms with Gasteiger partial charge in [-0.2, -0.15) is 0 Å². The van der Waals surface area contributed by atoms with Crippen LogP contribution < -0.4 is 0 Å². The van der Waals surface area contributed by atoms with Crippen LogP contribution in [0.4, 0.5) is 0 Å². The van der Waals surface area contributed by atoms with Gasteiger partial charge in [-0.15, -0.1) is 0 Å². The molecule has 26 heavy (non-hydrogen) atoms. The van der Waals surface area contributed by atoms with E-state index >= 15 is 0 Å². The number of carboxylic acid groups (broad SMARTS) is 1. The van der Waals surface area contributed by atoms with Crippen molar-refractivity contribution in [2.45, 2.75) is 11.3 Å². The number of aliphatic hydroxyl groups is 1. The van der Waals surface area contributed by atoms with Gasteiger partial charge in [0.25, 0.3) is 0 Å². The van der Waals surface area contributed by atoms with Crippen LogP contribution in [0.3, 0.4) is 0 Å². The summed E-state index contributed by atoms with van der Waals surface area (Å²) in [5, 5.41) is 19.5. The van der Waals surface area contributed by atoms with Gasteiger partial charge in [0.2, 0.25) is 0 Å². The minimum Gasteiger partial charge on any atom is -0.478 e. The zero-order valence-electron chi connectivity index (χ0n) is 13.7. The van der Waals surface area contributed by atoms with Gasteiger partial charge in [0.15, 0.2) is 9.84 Å². The number of carbonyl (C=O) groups is 1. The van der Waals surface area contributed by atoms with E-state index in [0.717, 1.165) is 6.26 Å². The molecule has 0 bridgehead atoms. The molecule has 0 amide bonds. The van der Waals surface area contributed by atoms with Crippen LogP contribution in [-0.2, 0) is 14.6 Å². The second-order valence-corrected chi connectivity index (χ2v) is 8.48. The maximum atomic E-state index is 11.7. The summed E-state index contributed by atoms with van der Waals surface area (Å²) >= 11 is 12.1. The Labute approximate surface area is 161 Å². The van der Waals surface area contributed by atoms with E-state index in [-0.39, 0.29) is 23.5 Å². The van der Waals surface area contributed by atoms with Crippen molar-refractivity contribution in [1.82, 2.24) is 0 Å². The normalized spacial score (nSPS) is 12.6. The monoisotopic (exact) mass is 414 g/mol. The molecule has 0 atom stereocenters. The fourth-order valence-corrected chi connectivity index (χ4v) is 3.69. The molecule has 0 fully saturated rings. The fraction of sp³-hybridized carbons (Fsp3) is 0.167. The van der Waals surface area contributed by atoms with Crippen molar-refractivity contribution in [2.75, 3.05) is 12.9 Å². The summed E-state index contributed by atoms with van der Waals surface area (Å²) in [4.78, 5) is 11.9. The number of carboxylic acids is 1. The van der Waals surface area contributed by atoms with Crippen molar-refractivity contribution in [2.24, 2.45) is 0 Å². The lowest BCUT2D eigenvalue weighted by molar-refractivity contribution is -0.132. The van der Waals surface area contributed by atoms with Crippen molar-refractivity contribution < 1.29 is 23.4 Å². The predicted molar refractivity (Wildman–Crippen MR) is 101 cm³/mol.